The Morgan fingerprint density at radius 3 is 2.64 bits per heavy atom. The zero-order valence-corrected chi connectivity index (χ0v) is 24.2. The van der Waals surface area contributed by atoms with E-state index in [-0.39, 0.29) is 17.9 Å². The van der Waals surface area contributed by atoms with Crippen LogP contribution in [0.25, 0.3) is 11.3 Å². The van der Waals surface area contributed by atoms with Crippen molar-refractivity contribution in [2.45, 2.75) is 57.4 Å². The largest absolute Gasteiger partial charge is 0.394 e. The van der Waals surface area contributed by atoms with Crippen LogP contribution < -0.4 is 10.6 Å². The van der Waals surface area contributed by atoms with Gasteiger partial charge in [0.2, 0.25) is 0 Å². The number of likely N-dealkylation sites (tertiary alicyclic amines) is 2. The molecular formula is C32H38F4N6. The maximum atomic E-state index is 14.7. The maximum absolute atomic E-state index is 14.7. The van der Waals surface area contributed by atoms with Crippen LogP contribution in [-0.4, -0.2) is 77.3 Å². The van der Waals surface area contributed by atoms with E-state index >= 15 is 0 Å². The van der Waals surface area contributed by atoms with Crippen molar-refractivity contribution in [2.75, 3.05) is 50.4 Å². The normalized spacial score (nSPS) is 19.5. The standard InChI is InChI=1S/C32H38F4N6/c1-4-23-19-24(22(2)41-15-5-6-16-41)11-12-26(23)37-14-7-9-28-30(20-32(34,35)36)42-17-8-10-29(31(42)39-28)38-27-13-18-40(3)21-25(27)33/h8,10-12,17,19,25,27,37-38H,2,4-6,13-16,18,20-21H2,1,3H3. The van der Waals surface area contributed by atoms with E-state index in [2.05, 4.69) is 51.9 Å². The molecule has 5 rings (SSSR count). The van der Waals surface area contributed by atoms with Crippen molar-refractivity contribution in [3.05, 3.63) is 65.6 Å². The molecule has 2 atom stereocenters. The number of nitrogens with zero attached hydrogens (tertiary/aromatic N) is 4. The third-order valence-corrected chi connectivity index (χ3v) is 8.08. The predicted molar refractivity (Wildman–Crippen MR) is 160 cm³/mol. The predicted octanol–water partition coefficient (Wildman–Crippen LogP) is 5.99. The van der Waals surface area contributed by atoms with Gasteiger partial charge in [-0.3, -0.25) is 0 Å². The fraction of sp³-hybridized carbons (Fsp3) is 0.469. The molecular weight excluding hydrogens is 544 g/mol. The molecule has 42 heavy (non-hydrogen) atoms. The van der Waals surface area contributed by atoms with E-state index in [4.69, 9.17) is 0 Å². The van der Waals surface area contributed by atoms with Gasteiger partial charge in [0, 0.05) is 43.8 Å². The van der Waals surface area contributed by atoms with Crippen LogP contribution in [0.15, 0.2) is 43.1 Å². The molecule has 10 heteroatoms. The van der Waals surface area contributed by atoms with Gasteiger partial charge in [-0.15, -0.1) is 0 Å². The van der Waals surface area contributed by atoms with E-state index < -0.39 is 24.8 Å². The second kappa shape index (κ2) is 12.7. The fourth-order valence-corrected chi connectivity index (χ4v) is 5.78. The van der Waals surface area contributed by atoms with Gasteiger partial charge >= 0.3 is 6.18 Å². The van der Waals surface area contributed by atoms with Crippen LogP contribution in [-0.2, 0) is 12.8 Å². The summed E-state index contributed by atoms with van der Waals surface area (Å²) < 4.78 is 56.9. The maximum Gasteiger partial charge on any atom is 0.394 e. The van der Waals surface area contributed by atoms with Crippen LogP contribution in [0.1, 0.15) is 48.7 Å². The summed E-state index contributed by atoms with van der Waals surface area (Å²) in [5.41, 5.74) is 5.01. The zero-order valence-electron chi connectivity index (χ0n) is 24.2. The molecule has 2 aliphatic heterocycles. The summed E-state index contributed by atoms with van der Waals surface area (Å²) in [6.45, 7) is 9.69. The van der Waals surface area contributed by atoms with Gasteiger partial charge in [0.25, 0.3) is 0 Å². The van der Waals surface area contributed by atoms with E-state index in [1.54, 1.807) is 18.3 Å². The number of aromatic nitrogens is 2. The van der Waals surface area contributed by atoms with Crippen LogP contribution in [0.3, 0.4) is 0 Å². The minimum atomic E-state index is -4.44. The Morgan fingerprint density at radius 2 is 1.93 bits per heavy atom. The van der Waals surface area contributed by atoms with Gasteiger partial charge in [-0.05, 0) is 74.0 Å². The average molecular weight is 583 g/mol. The molecule has 0 spiro atoms. The molecule has 0 bridgehead atoms. The molecule has 0 saturated carbocycles. The van der Waals surface area contributed by atoms with Gasteiger partial charge in [0.05, 0.1) is 30.4 Å². The fourth-order valence-electron chi connectivity index (χ4n) is 5.78. The van der Waals surface area contributed by atoms with Crippen molar-refractivity contribution in [3.8, 4) is 11.8 Å². The van der Waals surface area contributed by atoms with Crippen molar-refractivity contribution in [3.63, 3.8) is 0 Å². The Hall–Kier alpha value is -3.71. The number of fused-ring (bicyclic) bond motifs is 1. The lowest BCUT2D eigenvalue weighted by molar-refractivity contribution is -0.128. The number of pyridine rings is 1. The highest BCUT2D eigenvalue weighted by atomic mass is 19.4. The van der Waals surface area contributed by atoms with Crippen LogP contribution in [0, 0.1) is 11.8 Å². The van der Waals surface area contributed by atoms with Gasteiger partial charge in [-0.25, -0.2) is 9.37 Å². The van der Waals surface area contributed by atoms with Crippen LogP contribution in [0.4, 0.5) is 28.9 Å². The SMILES string of the molecule is C=C(c1ccc(NCC#Cc2nc3c(NC4CCN(C)CC4F)cccn3c2CC(F)(F)F)c(CC)c1)N1CCCC1. The number of anilines is 2. The number of hydrogen-bond acceptors (Lipinski definition) is 5. The molecule has 0 aliphatic carbocycles. The molecule has 1 aromatic carbocycles. The Kier molecular flexibility index (Phi) is 8.97. The molecule has 2 N–H and O–H groups in total. The molecule has 2 aliphatic rings. The Labute approximate surface area is 244 Å². The average Bonchev–Trinajstić information content (AvgIpc) is 3.61. The summed E-state index contributed by atoms with van der Waals surface area (Å²) in [6, 6.07) is 9.11. The topological polar surface area (TPSA) is 47.8 Å². The molecule has 0 amide bonds. The number of alkyl halides is 4. The van der Waals surface area contributed by atoms with Gasteiger partial charge < -0.3 is 24.8 Å². The molecule has 3 aromatic rings. The molecule has 224 valence electrons. The summed E-state index contributed by atoms with van der Waals surface area (Å²) in [5, 5.41) is 6.51. The second-order valence-corrected chi connectivity index (χ2v) is 11.2. The van der Waals surface area contributed by atoms with E-state index in [1.807, 2.05) is 24.1 Å². The lowest BCUT2D eigenvalue weighted by Crippen LogP contribution is -2.46. The number of benzene rings is 1. The van der Waals surface area contributed by atoms with Crippen LogP contribution in [0.2, 0.25) is 0 Å². The van der Waals surface area contributed by atoms with Crippen molar-refractivity contribution in [1.82, 2.24) is 19.2 Å². The number of piperidine rings is 1. The summed E-state index contributed by atoms with van der Waals surface area (Å²) >= 11 is 0. The third-order valence-electron chi connectivity index (χ3n) is 8.08. The van der Waals surface area contributed by atoms with Crippen molar-refractivity contribution >= 4 is 22.7 Å². The van der Waals surface area contributed by atoms with Crippen molar-refractivity contribution in [2.24, 2.45) is 0 Å². The summed E-state index contributed by atoms with van der Waals surface area (Å²) in [5.74, 6) is 5.84. The summed E-state index contributed by atoms with van der Waals surface area (Å²) in [6.07, 6.45) is -1.40. The third kappa shape index (κ3) is 6.84. The number of hydrogen-bond donors (Lipinski definition) is 2. The van der Waals surface area contributed by atoms with Crippen molar-refractivity contribution < 1.29 is 17.6 Å². The van der Waals surface area contributed by atoms with Crippen LogP contribution >= 0.6 is 0 Å². The molecule has 2 aromatic heterocycles. The highest BCUT2D eigenvalue weighted by Crippen LogP contribution is 2.29. The summed E-state index contributed by atoms with van der Waals surface area (Å²) in [7, 11) is 1.87. The Bertz CT molecular complexity index is 1480. The smallest absolute Gasteiger partial charge is 0.376 e. The monoisotopic (exact) mass is 582 g/mol. The van der Waals surface area contributed by atoms with Crippen molar-refractivity contribution in [1.29, 1.82) is 0 Å². The quantitative estimate of drug-likeness (QED) is 0.253. The highest BCUT2D eigenvalue weighted by molar-refractivity contribution is 5.70. The lowest BCUT2D eigenvalue weighted by Gasteiger charge is -2.33. The minimum Gasteiger partial charge on any atom is -0.376 e. The second-order valence-electron chi connectivity index (χ2n) is 11.2. The first kappa shape index (κ1) is 29.8. The Balaban J connectivity index is 1.36. The number of halogens is 4. The number of rotatable bonds is 8. The number of aryl methyl sites for hydroxylation is 1. The molecule has 2 unspecified atom stereocenters. The lowest BCUT2D eigenvalue weighted by atomic mass is 10.0. The van der Waals surface area contributed by atoms with E-state index in [0.29, 0.717) is 24.3 Å². The number of imidazole rings is 1. The first-order valence-corrected chi connectivity index (χ1v) is 14.6. The molecule has 2 fully saturated rings. The minimum absolute atomic E-state index is 0.0344. The molecule has 2 saturated heterocycles. The van der Waals surface area contributed by atoms with Gasteiger partial charge in [-0.1, -0.05) is 25.5 Å². The van der Waals surface area contributed by atoms with Gasteiger partial charge in [0.1, 0.15) is 11.9 Å². The zero-order chi connectivity index (χ0) is 29.9. The van der Waals surface area contributed by atoms with E-state index in [0.717, 1.165) is 48.6 Å². The Morgan fingerprint density at radius 1 is 1.14 bits per heavy atom. The first-order valence-electron chi connectivity index (χ1n) is 14.6. The molecule has 4 heterocycles. The van der Waals surface area contributed by atoms with E-state index in [1.165, 1.54) is 17.2 Å². The van der Waals surface area contributed by atoms with E-state index in [9.17, 15) is 17.6 Å². The molecule has 0 radical (unpaired) electrons. The van der Waals surface area contributed by atoms with Crippen LogP contribution in [0.5, 0.6) is 0 Å². The van der Waals surface area contributed by atoms with Gasteiger partial charge in [0.15, 0.2) is 5.65 Å². The number of nitrogens with one attached hydrogen (secondary N) is 2. The first-order chi connectivity index (χ1) is 20.1. The molecule has 6 nitrogen and oxygen atoms in total. The highest BCUT2D eigenvalue weighted by Gasteiger charge is 2.32. The van der Waals surface area contributed by atoms with Gasteiger partial charge in [-0.2, -0.15) is 13.2 Å². The summed E-state index contributed by atoms with van der Waals surface area (Å²) in [4.78, 5) is 8.73.